The Morgan fingerprint density at radius 1 is 1.14 bits per heavy atom. The van der Waals surface area contributed by atoms with E-state index in [1.807, 2.05) is 0 Å². The van der Waals surface area contributed by atoms with E-state index >= 15 is 0 Å². The van der Waals surface area contributed by atoms with Gasteiger partial charge in [-0.3, -0.25) is 0 Å². The van der Waals surface area contributed by atoms with E-state index in [0.29, 0.717) is 5.92 Å². The van der Waals surface area contributed by atoms with Crippen LogP contribution in [0.15, 0.2) is 30.3 Å². The summed E-state index contributed by atoms with van der Waals surface area (Å²) in [7, 11) is -1.64. The van der Waals surface area contributed by atoms with Gasteiger partial charge in [-0.25, -0.2) is 0 Å². The molecule has 1 aromatic carbocycles. The highest BCUT2D eigenvalue weighted by atomic mass is 28.4. The second-order valence-corrected chi connectivity index (χ2v) is 8.47. The van der Waals surface area contributed by atoms with Crippen molar-refractivity contribution >= 4 is 13.5 Å². The molecule has 2 heteroatoms. The van der Waals surface area contributed by atoms with Crippen molar-refractivity contribution in [3.63, 3.8) is 0 Å². The fourth-order valence-electron chi connectivity index (χ4n) is 1.30. The van der Waals surface area contributed by atoms with Gasteiger partial charge in [0, 0.05) is 6.61 Å². The van der Waals surface area contributed by atoms with Gasteiger partial charge in [-0.05, 0) is 24.2 Å². The second-order valence-electron chi connectivity index (χ2n) is 4.58. The molecule has 1 aromatic rings. The monoisotopic (exact) mass is 208 g/mol. The topological polar surface area (TPSA) is 9.23 Å². The Labute approximate surface area is 88.2 Å². The maximum absolute atomic E-state index is 6.02. The van der Waals surface area contributed by atoms with Gasteiger partial charge in [0.05, 0.1) is 0 Å². The molecule has 0 saturated heterocycles. The Morgan fingerprint density at radius 3 is 2.21 bits per heavy atom. The van der Waals surface area contributed by atoms with E-state index in [1.165, 1.54) is 5.19 Å². The second kappa shape index (κ2) is 4.76. The zero-order valence-corrected chi connectivity index (χ0v) is 10.6. The SMILES string of the molecule is CC(C)CO[Si](C)(C)c1ccccc1. The quantitative estimate of drug-likeness (QED) is 0.691. The average molecular weight is 208 g/mol. The summed E-state index contributed by atoms with van der Waals surface area (Å²) in [5.74, 6) is 0.616. The molecule has 0 fully saturated rings. The van der Waals surface area contributed by atoms with Crippen LogP contribution in [0.5, 0.6) is 0 Å². The summed E-state index contributed by atoms with van der Waals surface area (Å²) < 4.78 is 6.02. The highest BCUT2D eigenvalue weighted by Crippen LogP contribution is 2.07. The van der Waals surface area contributed by atoms with Gasteiger partial charge in [0.2, 0.25) is 8.32 Å². The average Bonchev–Trinajstić information content (AvgIpc) is 2.16. The van der Waals surface area contributed by atoms with Crippen LogP contribution >= 0.6 is 0 Å². The summed E-state index contributed by atoms with van der Waals surface area (Å²) in [4.78, 5) is 0. The Morgan fingerprint density at radius 2 is 1.71 bits per heavy atom. The molecule has 0 amide bonds. The maximum atomic E-state index is 6.02. The van der Waals surface area contributed by atoms with Gasteiger partial charge in [-0.2, -0.15) is 0 Å². The third-order valence-electron chi connectivity index (χ3n) is 2.25. The first kappa shape index (κ1) is 11.5. The molecule has 0 atom stereocenters. The van der Waals surface area contributed by atoms with E-state index in [4.69, 9.17) is 4.43 Å². The van der Waals surface area contributed by atoms with Crippen LogP contribution in [0.25, 0.3) is 0 Å². The van der Waals surface area contributed by atoms with Crippen molar-refractivity contribution in [3.8, 4) is 0 Å². The van der Waals surface area contributed by atoms with Crippen molar-refractivity contribution in [2.45, 2.75) is 26.9 Å². The van der Waals surface area contributed by atoms with E-state index in [0.717, 1.165) is 6.61 Å². The summed E-state index contributed by atoms with van der Waals surface area (Å²) in [5, 5.41) is 1.38. The van der Waals surface area contributed by atoms with Crippen LogP contribution in [0.2, 0.25) is 13.1 Å². The van der Waals surface area contributed by atoms with Gasteiger partial charge in [0.15, 0.2) is 0 Å². The van der Waals surface area contributed by atoms with Crippen LogP contribution in [0.1, 0.15) is 13.8 Å². The van der Waals surface area contributed by atoms with Gasteiger partial charge in [-0.1, -0.05) is 44.2 Å². The molecule has 0 radical (unpaired) electrons. The smallest absolute Gasteiger partial charge is 0.218 e. The standard InChI is InChI=1S/C12H20OSi/c1-11(2)10-13-14(3,4)12-8-6-5-7-9-12/h5-9,11H,10H2,1-4H3. The molecule has 0 unspecified atom stereocenters. The summed E-state index contributed by atoms with van der Waals surface area (Å²) in [6, 6.07) is 10.6. The first-order valence-electron chi connectivity index (χ1n) is 5.22. The minimum Gasteiger partial charge on any atom is -0.413 e. The van der Waals surface area contributed by atoms with Crippen LogP contribution in [-0.2, 0) is 4.43 Å². The Hall–Kier alpha value is -0.603. The molecule has 1 nitrogen and oxygen atoms in total. The summed E-state index contributed by atoms with van der Waals surface area (Å²) in [6.07, 6.45) is 0. The van der Waals surface area contributed by atoms with Crippen molar-refractivity contribution in [2.24, 2.45) is 5.92 Å². The molecule has 0 heterocycles. The molecular weight excluding hydrogens is 188 g/mol. The summed E-state index contributed by atoms with van der Waals surface area (Å²) in [5.41, 5.74) is 0. The molecule has 0 spiro atoms. The number of hydrogen-bond acceptors (Lipinski definition) is 1. The predicted octanol–water partition coefficient (Wildman–Crippen LogP) is 2.77. The van der Waals surface area contributed by atoms with Crippen LogP contribution in [0, 0.1) is 5.92 Å². The van der Waals surface area contributed by atoms with E-state index in [9.17, 15) is 0 Å². The molecular formula is C12H20OSi. The minimum absolute atomic E-state index is 0.616. The van der Waals surface area contributed by atoms with Crippen molar-refractivity contribution in [3.05, 3.63) is 30.3 Å². The van der Waals surface area contributed by atoms with Crippen molar-refractivity contribution in [2.75, 3.05) is 6.61 Å². The first-order valence-corrected chi connectivity index (χ1v) is 8.12. The predicted molar refractivity (Wildman–Crippen MR) is 64.3 cm³/mol. The summed E-state index contributed by atoms with van der Waals surface area (Å²) >= 11 is 0. The molecule has 0 aromatic heterocycles. The number of benzene rings is 1. The van der Waals surface area contributed by atoms with E-state index < -0.39 is 8.32 Å². The highest BCUT2D eigenvalue weighted by molar-refractivity contribution is 6.84. The molecule has 1 rings (SSSR count). The highest BCUT2D eigenvalue weighted by Gasteiger charge is 2.24. The van der Waals surface area contributed by atoms with E-state index in [-0.39, 0.29) is 0 Å². The number of hydrogen-bond donors (Lipinski definition) is 0. The molecule has 0 bridgehead atoms. The van der Waals surface area contributed by atoms with Crippen molar-refractivity contribution < 1.29 is 4.43 Å². The Bertz CT molecular complexity index is 267. The zero-order valence-electron chi connectivity index (χ0n) is 9.58. The minimum atomic E-state index is -1.64. The van der Waals surface area contributed by atoms with Gasteiger partial charge in [-0.15, -0.1) is 0 Å². The molecule has 0 aliphatic rings. The third kappa shape index (κ3) is 3.27. The fraction of sp³-hybridized carbons (Fsp3) is 0.500. The third-order valence-corrected chi connectivity index (χ3v) is 4.86. The molecule has 0 aliphatic carbocycles. The normalized spacial score (nSPS) is 12.1. The molecule has 0 aliphatic heterocycles. The molecule has 14 heavy (non-hydrogen) atoms. The van der Waals surface area contributed by atoms with Crippen LogP contribution < -0.4 is 5.19 Å². The lowest BCUT2D eigenvalue weighted by Crippen LogP contribution is -2.45. The van der Waals surface area contributed by atoms with E-state index in [2.05, 4.69) is 57.3 Å². The first-order chi connectivity index (χ1) is 6.52. The lowest BCUT2D eigenvalue weighted by atomic mass is 10.2. The van der Waals surface area contributed by atoms with Crippen LogP contribution in [-0.4, -0.2) is 14.9 Å². The van der Waals surface area contributed by atoms with Gasteiger partial charge >= 0.3 is 0 Å². The van der Waals surface area contributed by atoms with Gasteiger partial charge in [0.1, 0.15) is 0 Å². The lowest BCUT2D eigenvalue weighted by molar-refractivity contribution is 0.268. The largest absolute Gasteiger partial charge is 0.413 e. The lowest BCUT2D eigenvalue weighted by Gasteiger charge is -2.24. The van der Waals surface area contributed by atoms with Crippen LogP contribution in [0.4, 0.5) is 0 Å². The van der Waals surface area contributed by atoms with Gasteiger partial charge < -0.3 is 4.43 Å². The molecule has 78 valence electrons. The fourth-order valence-corrected chi connectivity index (χ4v) is 3.21. The van der Waals surface area contributed by atoms with Crippen molar-refractivity contribution in [1.82, 2.24) is 0 Å². The number of rotatable bonds is 4. The Balaban J connectivity index is 2.66. The van der Waals surface area contributed by atoms with E-state index in [1.54, 1.807) is 0 Å². The Kier molecular flexibility index (Phi) is 3.90. The molecule has 0 N–H and O–H groups in total. The van der Waals surface area contributed by atoms with Crippen molar-refractivity contribution in [1.29, 1.82) is 0 Å². The van der Waals surface area contributed by atoms with Crippen LogP contribution in [0.3, 0.4) is 0 Å². The zero-order chi connectivity index (χ0) is 10.6. The maximum Gasteiger partial charge on any atom is 0.218 e. The molecule has 0 saturated carbocycles. The van der Waals surface area contributed by atoms with Gasteiger partial charge in [0.25, 0.3) is 0 Å². The summed E-state index contributed by atoms with van der Waals surface area (Å²) in [6.45, 7) is 9.76.